The van der Waals surface area contributed by atoms with Crippen molar-refractivity contribution in [3.63, 3.8) is 0 Å². The summed E-state index contributed by atoms with van der Waals surface area (Å²) < 4.78 is 10.4. The van der Waals surface area contributed by atoms with E-state index in [0.29, 0.717) is 39.5 Å². The van der Waals surface area contributed by atoms with Gasteiger partial charge in [-0.25, -0.2) is 4.99 Å². The third kappa shape index (κ3) is 5.70. The summed E-state index contributed by atoms with van der Waals surface area (Å²) in [6, 6.07) is 6.21. The molecule has 2 rings (SSSR count). The van der Waals surface area contributed by atoms with Crippen LogP contribution in [0.4, 0.5) is 5.69 Å². The lowest BCUT2D eigenvalue weighted by atomic mass is 9.89. The Bertz CT molecular complexity index is 906. The fourth-order valence-electron chi connectivity index (χ4n) is 2.35. The van der Waals surface area contributed by atoms with Gasteiger partial charge in [0.05, 0.1) is 22.7 Å². The standard InChI is InChI=1S/C21H27ClN4OS/c1-13(2)26(7)12-24-17-8-14(3)19(9-16(17)22)27-20-15(11-23)18(25-28-20)10-21(4,5)6/h8-9,12-13H,10H2,1-7H3. The molecule has 5 nitrogen and oxygen atoms in total. The highest BCUT2D eigenvalue weighted by molar-refractivity contribution is 7.08. The molecule has 0 saturated carbocycles. The Balaban J connectivity index is 2.29. The first-order valence-electron chi connectivity index (χ1n) is 9.14. The second-order valence-electron chi connectivity index (χ2n) is 8.32. The van der Waals surface area contributed by atoms with Crippen LogP contribution in [0.25, 0.3) is 0 Å². The van der Waals surface area contributed by atoms with Crippen LogP contribution >= 0.6 is 23.1 Å². The van der Waals surface area contributed by atoms with Crippen LogP contribution < -0.4 is 4.74 Å². The number of nitrogens with zero attached hydrogens (tertiary/aromatic N) is 4. The van der Waals surface area contributed by atoms with E-state index in [-0.39, 0.29) is 5.41 Å². The molecular formula is C21H27ClN4OS. The molecular weight excluding hydrogens is 392 g/mol. The maximum absolute atomic E-state index is 9.58. The summed E-state index contributed by atoms with van der Waals surface area (Å²) in [5.41, 5.74) is 2.88. The lowest BCUT2D eigenvalue weighted by molar-refractivity contribution is 0.406. The first-order valence-corrected chi connectivity index (χ1v) is 10.3. The summed E-state index contributed by atoms with van der Waals surface area (Å²) in [5, 5.41) is 10.6. The molecule has 1 heterocycles. The van der Waals surface area contributed by atoms with Crippen LogP contribution in [0.1, 0.15) is 51.4 Å². The topological polar surface area (TPSA) is 61.5 Å². The van der Waals surface area contributed by atoms with E-state index in [2.05, 4.69) is 50.1 Å². The molecule has 2 aromatic rings. The summed E-state index contributed by atoms with van der Waals surface area (Å²) in [6.45, 7) is 12.5. The van der Waals surface area contributed by atoms with Crippen molar-refractivity contribution >= 4 is 35.2 Å². The Morgan fingerprint density at radius 3 is 2.64 bits per heavy atom. The van der Waals surface area contributed by atoms with Crippen LogP contribution in [0.5, 0.6) is 10.8 Å². The molecule has 0 atom stereocenters. The number of nitriles is 1. The fraction of sp³-hybridized carbons (Fsp3) is 0.476. The minimum Gasteiger partial charge on any atom is -0.443 e. The van der Waals surface area contributed by atoms with Crippen LogP contribution in [0.3, 0.4) is 0 Å². The molecule has 0 N–H and O–H groups in total. The van der Waals surface area contributed by atoms with Gasteiger partial charge in [-0.2, -0.15) is 9.64 Å². The van der Waals surface area contributed by atoms with Crippen LogP contribution in [-0.2, 0) is 6.42 Å². The van der Waals surface area contributed by atoms with Crippen molar-refractivity contribution in [2.75, 3.05) is 7.05 Å². The first kappa shape index (κ1) is 22.2. The predicted molar refractivity (Wildman–Crippen MR) is 117 cm³/mol. The van der Waals surface area contributed by atoms with Crippen LogP contribution in [0.15, 0.2) is 17.1 Å². The Morgan fingerprint density at radius 1 is 1.39 bits per heavy atom. The van der Waals surface area contributed by atoms with Gasteiger partial charge in [-0.3, -0.25) is 0 Å². The zero-order valence-electron chi connectivity index (χ0n) is 17.5. The van der Waals surface area contributed by atoms with Crippen molar-refractivity contribution in [1.82, 2.24) is 9.27 Å². The van der Waals surface area contributed by atoms with Gasteiger partial charge in [-0.05, 0) is 44.2 Å². The number of benzene rings is 1. The van der Waals surface area contributed by atoms with Crippen molar-refractivity contribution in [1.29, 1.82) is 5.26 Å². The SMILES string of the molecule is Cc1cc(N=CN(C)C(C)C)c(Cl)cc1Oc1snc(CC(C)(C)C)c1C#N. The largest absolute Gasteiger partial charge is 0.443 e. The van der Waals surface area contributed by atoms with E-state index in [1.807, 2.05) is 24.9 Å². The lowest BCUT2D eigenvalue weighted by Gasteiger charge is -2.17. The van der Waals surface area contributed by atoms with E-state index < -0.39 is 0 Å². The quantitative estimate of drug-likeness (QED) is 0.404. The van der Waals surface area contributed by atoms with E-state index in [0.717, 1.165) is 11.3 Å². The first-order chi connectivity index (χ1) is 13.0. The molecule has 7 heteroatoms. The molecule has 28 heavy (non-hydrogen) atoms. The summed E-state index contributed by atoms with van der Waals surface area (Å²) in [4.78, 5) is 6.47. The molecule has 0 spiro atoms. The molecule has 0 unspecified atom stereocenters. The zero-order valence-corrected chi connectivity index (χ0v) is 19.1. The van der Waals surface area contributed by atoms with Gasteiger partial charge in [0.15, 0.2) is 0 Å². The van der Waals surface area contributed by atoms with E-state index in [9.17, 15) is 5.26 Å². The summed E-state index contributed by atoms with van der Waals surface area (Å²) in [5.74, 6) is 0.601. The van der Waals surface area contributed by atoms with E-state index in [1.54, 1.807) is 12.4 Å². The minimum absolute atomic E-state index is 0.0406. The van der Waals surface area contributed by atoms with Gasteiger partial charge >= 0.3 is 0 Å². The molecule has 0 saturated heterocycles. The number of ether oxygens (including phenoxy) is 1. The average Bonchev–Trinajstić information content (AvgIpc) is 2.95. The normalized spacial score (nSPS) is 11.9. The number of hydrogen-bond acceptors (Lipinski definition) is 5. The second kappa shape index (κ2) is 8.93. The Kier molecular flexibility index (Phi) is 7.08. The summed E-state index contributed by atoms with van der Waals surface area (Å²) >= 11 is 7.61. The minimum atomic E-state index is 0.0406. The van der Waals surface area contributed by atoms with Crippen molar-refractivity contribution in [2.24, 2.45) is 10.4 Å². The molecule has 1 aromatic carbocycles. The molecule has 0 fully saturated rings. The third-order valence-corrected chi connectivity index (χ3v) is 5.25. The van der Waals surface area contributed by atoms with Crippen molar-refractivity contribution in [3.8, 4) is 16.9 Å². The molecule has 0 aliphatic rings. The number of halogens is 1. The van der Waals surface area contributed by atoms with Crippen molar-refractivity contribution < 1.29 is 4.74 Å². The average molecular weight is 419 g/mol. The van der Waals surface area contributed by atoms with Gasteiger partial charge in [-0.15, -0.1) is 0 Å². The molecule has 150 valence electrons. The number of rotatable bonds is 6. The molecule has 0 bridgehead atoms. The van der Waals surface area contributed by atoms with Gasteiger partial charge < -0.3 is 9.64 Å². The van der Waals surface area contributed by atoms with E-state index in [1.165, 1.54) is 11.5 Å². The maximum Gasteiger partial charge on any atom is 0.218 e. The fourth-order valence-corrected chi connectivity index (χ4v) is 3.29. The molecule has 1 aromatic heterocycles. The third-order valence-electron chi connectivity index (χ3n) is 4.18. The van der Waals surface area contributed by atoms with Gasteiger partial charge in [-0.1, -0.05) is 32.4 Å². The molecule has 0 amide bonds. The second-order valence-corrected chi connectivity index (χ2v) is 9.46. The Morgan fingerprint density at radius 2 is 2.07 bits per heavy atom. The van der Waals surface area contributed by atoms with E-state index in [4.69, 9.17) is 16.3 Å². The highest BCUT2D eigenvalue weighted by Gasteiger charge is 2.21. The van der Waals surface area contributed by atoms with Gasteiger partial charge in [0.1, 0.15) is 17.4 Å². The number of hydrogen-bond donors (Lipinski definition) is 0. The monoisotopic (exact) mass is 418 g/mol. The van der Waals surface area contributed by atoms with E-state index >= 15 is 0 Å². The van der Waals surface area contributed by atoms with Gasteiger partial charge in [0, 0.05) is 30.7 Å². The van der Waals surface area contributed by atoms with Crippen LogP contribution in [-0.4, -0.2) is 28.7 Å². The summed E-state index contributed by atoms with van der Waals surface area (Å²) in [6.07, 6.45) is 2.48. The van der Waals surface area contributed by atoms with Gasteiger partial charge in [0.2, 0.25) is 5.06 Å². The maximum atomic E-state index is 9.58. The Labute approximate surface area is 176 Å². The number of aryl methyl sites for hydroxylation is 1. The van der Waals surface area contributed by atoms with Crippen LogP contribution in [0.2, 0.25) is 5.02 Å². The van der Waals surface area contributed by atoms with Crippen molar-refractivity contribution in [2.45, 2.75) is 54.0 Å². The Hall–Kier alpha value is -2.10. The summed E-state index contributed by atoms with van der Waals surface area (Å²) in [7, 11) is 1.97. The van der Waals surface area contributed by atoms with Crippen molar-refractivity contribution in [3.05, 3.63) is 34.0 Å². The number of aromatic nitrogens is 1. The van der Waals surface area contributed by atoms with Crippen LogP contribution in [0, 0.1) is 23.7 Å². The lowest BCUT2D eigenvalue weighted by Crippen LogP contribution is -2.24. The zero-order chi connectivity index (χ0) is 21.1. The predicted octanol–water partition coefficient (Wildman–Crippen LogP) is 6.36. The smallest absolute Gasteiger partial charge is 0.218 e. The molecule has 0 radical (unpaired) electrons. The molecule has 0 aliphatic carbocycles. The highest BCUT2D eigenvalue weighted by atomic mass is 35.5. The number of aliphatic imine (C=N–C) groups is 1. The molecule has 0 aliphatic heterocycles. The highest BCUT2D eigenvalue weighted by Crippen LogP contribution is 2.38. The van der Waals surface area contributed by atoms with Gasteiger partial charge in [0.25, 0.3) is 0 Å².